The van der Waals surface area contributed by atoms with Crippen LogP contribution in [0.4, 0.5) is 11.4 Å². The smallest absolute Gasteiger partial charge is 0.269 e. The monoisotopic (exact) mass is 463 g/mol. The minimum atomic E-state index is -0.597. The van der Waals surface area contributed by atoms with Gasteiger partial charge in [-0.1, -0.05) is 23.7 Å². The largest absolute Gasteiger partial charge is 0.497 e. The number of benzene rings is 3. The van der Waals surface area contributed by atoms with Crippen molar-refractivity contribution < 1.29 is 19.2 Å². The molecule has 3 rings (SSSR count). The molecule has 0 spiro atoms. The van der Waals surface area contributed by atoms with Crippen molar-refractivity contribution in [2.45, 2.75) is 6.61 Å². The van der Waals surface area contributed by atoms with Crippen LogP contribution in [0.15, 0.2) is 72.3 Å². The molecule has 0 aliphatic carbocycles. The standard InChI is InChI=1S/C24H18ClN3O5/c1-32-22-10-5-17(12-18(14-26)24(29)27-20-8-6-19(25)7-9-20)23(13-22)33-15-16-3-2-4-21(11-16)28(30)31/h2-13H,15H2,1H3,(H,27,29)/b18-12+. The van der Waals surface area contributed by atoms with Crippen molar-refractivity contribution in [2.24, 2.45) is 0 Å². The highest BCUT2D eigenvalue weighted by Gasteiger charge is 2.13. The van der Waals surface area contributed by atoms with E-state index in [2.05, 4.69) is 5.32 Å². The van der Waals surface area contributed by atoms with Crippen molar-refractivity contribution in [2.75, 3.05) is 12.4 Å². The van der Waals surface area contributed by atoms with Gasteiger partial charge in [0.15, 0.2) is 0 Å². The number of nitriles is 1. The number of carbonyl (C=O) groups is 1. The van der Waals surface area contributed by atoms with Gasteiger partial charge in [-0.25, -0.2) is 0 Å². The van der Waals surface area contributed by atoms with Crippen LogP contribution in [-0.2, 0) is 11.4 Å². The number of non-ortho nitro benzene ring substituents is 1. The zero-order valence-electron chi connectivity index (χ0n) is 17.4. The second-order valence-electron chi connectivity index (χ2n) is 6.75. The normalized spacial score (nSPS) is 10.8. The van der Waals surface area contributed by atoms with Crippen LogP contribution >= 0.6 is 11.6 Å². The molecule has 3 aromatic rings. The van der Waals surface area contributed by atoms with Gasteiger partial charge in [0, 0.05) is 34.5 Å². The molecular weight excluding hydrogens is 446 g/mol. The number of hydrogen-bond donors (Lipinski definition) is 1. The molecule has 166 valence electrons. The molecule has 3 aromatic carbocycles. The van der Waals surface area contributed by atoms with Crippen LogP contribution < -0.4 is 14.8 Å². The number of amides is 1. The van der Waals surface area contributed by atoms with Crippen LogP contribution in [0.5, 0.6) is 11.5 Å². The summed E-state index contributed by atoms with van der Waals surface area (Å²) in [4.78, 5) is 23.1. The fourth-order valence-corrected chi connectivity index (χ4v) is 2.97. The van der Waals surface area contributed by atoms with Crippen molar-refractivity contribution in [1.82, 2.24) is 0 Å². The van der Waals surface area contributed by atoms with E-state index in [9.17, 15) is 20.2 Å². The van der Waals surface area contributed by atoms with Crippen LogP contribution in [0.3, 0.4) is 0 Å². The Bertz CT molecular complexity index is 1250. The molecule has 0 aliphatic rings. The molecule has 0 aromatic heterocycles. The van der Waals surface area contributed by atoms with Gasteiger partial charge >= 0.3 is 0 Å². The van der Waals surface area contributed by atoms with Gasteiger partial charge in [-0.15, -0.1) is 0 Å². The van der Waals surface area contributed by atoms with Gasteiger partial charge in [0.05, 0.1) is 12.0 Å². The Morgan fingerprint density at radius 3 is 2.61 bits per heavy atom. The van der Waals surface area contributed by atoms with Gasteiger partial charge in [0.2, 0.25) is 0 Å². The summed E-state index contributed by atoms with van der Waals surface area (Å²) in [6, 6.07) is 19.4. The number of rotatable bonds is 8. The third-order valence-electron chi connectivity index (χ3n) is 4.50. The summed E-state index contributed by atoms with van der Waals surface area (Å²) in [6.07, 6.45) is 1.40. The topological polar surface area (TPSA) is 114 Å². The van der Waals surface area contributed by atoms with Crippen molar-refractivity contribution in [3.63, 3.8) is 0 Å². The summed E-state index contributed by atoms with van der Waals surface area (Å²) in [7, 11) is 1.50. The maximum absolute atomic E-state index is 12.6. The zero-order valence-corrected chi connectivity index (χ0v) is 18.2. The summed E-state index contributed by atoms with van der Waals surface area (Å²) in [6.45, 7) is 0.0363. The quantitative estimate of drug-likeness (QED) is 0.207. The second-order valence-corrected chi connectivity index (χ2v) is 7.19. The summed E-state index contributed by atoms with van der Waals surface area (Å²) in [5, 5.41) is 23.7. The molecule has 8 nitrogen and oxygen atoms in total. The fraction of sp³-hybridized carbons (Fsp3) is 0.0833. The van der Waals surface area contributed by atoms with Crippen molar-refractivity contribution in [3.05, 3.63) is 98.6 Å². The number of halogens is 1. The van der Waals surface area contributed by atoms with E-state index in [1.165, 1.54) is 25.3 Å². The number of nitrogens with zero attached hydrogens (tertiary/aromatic N) is 2. The SMILES string of the molecule is COc1ccc(/C=C(\C#N)C(=O)Nc2ccc(Cl)cc2)c(OCc2cccc([N+](=O)[O-])c2)c1. The first-order chi connectivity index (χ1) is 15.9. The van der Waals surface area contributed by atoms with Crippen LogP contribution in [-0.4, -0.2) is 17.9 Å². The van der Waals surface area contributed by atoms with Gasteiger partial charge in [0.1, 0.15) is 29.7 Å². The summed E-state index contributed by atoms with van der Waals surface area (Å²) < 4.78 is 11.1. The number of carbonyl (C=O) groups excluding carboxylic acids is 1. The number of nitro benzene ring substituents is 1. The van der Waals surface area contributed by atoms with Gasteiger partial charge in [-0.2, -0.15) is 5.26 Å². The average Bonchev–Trinajstić information content (AvgIpc) is 2.83. The lowest BCUT2D eigenvalue weighted by molar-refractivity contribution is -0.384. The Hall–Kier alpha value is -4.35. The molecule has 0 atom stereocenters. The van der Waals surface area contributed by atoms with Crippen LogP contribution in [0.1, 0.15) is 11.1 Å². The molecule has 1 N–H and O–H groups in total. The summed E-state index contributed by atoms with van der Waals surface area (Å²) in [5.74, 6) is 0.249. The summed E-state index contributed by atoms with van der Waals surface area (Å²) in [5.41, 5.74) is 1.34. The highest BCUT2D eigenvalue weighted by Crippen LogP contribution is 2.28. The van der Waals surface area contributed by atoms with Crippen molar-refractivity contribution >= 4 is 35.0 Å². The molecule has 0 aliphatic heterocycles. The summed E-state index contributed by atoms with van der Waals surface area (Å²) >= 11 is 5.85. The second kappa shape index (κ2) is 10.8. The first kappa shape index (κ1) is 23.3. The zero-order chi connectivity index (χ0) is 23.8. The van der Waals surface area contributed by atoms with E-state index < -0.39 is 10.8 Å². The molecule has 9 heteroatoms. The maximum Gasteiger partial charge on any atom is 0.269 e. The minimum Gasteiger partial charge on any atom is -0.497 e. The predicted octanol–water partition coefficient (Wildman–Crippen LogP) is 5.38. The molecular formula is C24H18ClN3O5. The molecule has 1 amide bonds. The number of nitrogens with one attached hydrogen (secondary N) is 1. The molecule has 0 unspecified atom stereocenters. The Balaban J connectivity index is 1.85. The number of methoxy groups -OCH3 is 1. The molecule has 0 saturated carbocycles. The Kier molecular flexibility index (Phi) is 7.63. The predicted molar refractivity (Wildman–Crippen MR) is 124 cm³/mol. The number of hydrogen-bond acceptors (Lipinski definition) is 6. The third-order valence-corrected chi connectivity index (χ3v) is 4.76. The first-order valence-electron chi connectivity index (χ1n) is 9.62. The highest BCUT2D eigenvalue weighted by atomic mass is 35.5. The molecule has 0 saturated heterocycles. The van der Waals surface area contributed by atoms with E-state index in [0.29, 0.717) is 33.3 Å². The Morgan fingerprint density at radius 1 is 1.18 bits per heavy atom. The van der Waals surface area contributed by atoms with Gasteiger partial charge in [-0.05, 0) is 48.0 Å². The van der Waals surface area contributed by atoms with E-state index in [0.717, 1.165) is 0 Å². The van der Waals surface area contributed by atoms with E-state index in [4.69, 9.17) is 21.1 Å². The first-order valence-corrected chi connectivity index (χ1v) is 10.0. The van der Waals surface area contributed by atoms with Crippen LogP contribution in [0.25, 0.3) is 6.08 Å². The van der Waals surface area contributed by atoms with E-state index >= 15 is 0 Å². The van der Waals surface area contributed by atoms with Crippen LogP contribution in [0, 0.1) is 21.4 Å². The Labute approximate surface area is 194 Å². The third kappa shape index (κ3) is 6.32. The fourth-order valence-electron chi connectivity index (χ4n) is 2.84. The number of ether oxygens (including phenoxy) is 2. The molecule has 0 bridgehead atoms. The number of anilines is 1. The average molecular weight is 464 g/mol. The van der Waals surface area contributed by atoms with Crippen LogP contribution in [0.2, 0.25) is 5.02 Å². The minimum absolute atomic E-state index is 0.0363. The molecule has 0 radical (unpaired) electrons. The van der Waals surface area contributed by atoms with Gasteiger partial charge in [0.25, 0.3) is 11.6 Å². The van der Waals surface area contributed by atoms with Gasteiger partial charge in [-0.3, -0.25) is 14.9 Å². The van der Waals surface area contributed by atoms with E-state index in [1.54, 1.807) is 54.6 Å². The number of nitro groups is 1. The molecule has 0 fully saturated rings. The van der Waals surface area contributed by atoms with Gasteiger partial charge < -0.3 is 14.8 Å². The van der Waals surface area contributed by atoms with Crippen molar-refractivity contribution in [1.29, 1.82) is 5.26 Å². The maximum atomic E-state index is 12.6. The molecule has 0 heterocycles. The highest BCUT2D eigenvalue weighted by molar-refractivity contribution is 6.30. The Morgan fingerprint density at radius 2 is 1.94 bits per heavy atom. The lowest BCUT2D eigenvalue weighted by atomic mass is 10.1. The van der Waals surface area contributed by atoms with E-state index in [-0.39, 0.29) is 17.9 Å². The van der Waals surface area contributed by atoms with E-state index in [1.807, 2.05) is 6.07 Å². The van der Waals surface area contributed by atoms with Crippen molar-refractivity contribution in [3.8, 4) is 17.6 Å². The lowest BCUT2D eigenvalue weighted by Gasteiger charge is -2.12. The lowest BCUT2D eigenvalue weighted by Crippen LogP contribution is -2.13. The molecule has 33 heavy (non-hydrogen) atoms.